The van der Waals surface area contributed by atoms with Crippen LogP contribution in [0.5, 0.6) is 0 Å². The molecule has 0 radical (unpaired) electrons. The van der Waals surface area contributed by atoms with Crippen molar-refractivity contribution in [1.82, 2.24) is 0 Å². The summed E-state index contributed by atoms with van der Waals surface area (Å²) in [5.41, 5.74) is 0. The fraction of sp³-hybridized carbons (Fsp3) is 0.571. The molecule has 2 nitrogen and oxygen atoms in total. The van der Waals surface area contributed by atoms with Crippen LogP contribution < -0.4 is 0 Å². The van der Waals surface area contributed by atoms with Crippen molar-refractivity contribution >= 4 is 31.8 Å². The monoisotopic (exact) mass is 244 g/mol. The topological polar surface area (TPSA) is 37.3 Å². The van der Waals surface area contributed by atoms with Crippen molar-refractivity contribution in [3.05, 3.63) is 12.2 Å². The summed E-state index contributed by atoms with van der Waals surface area (Å²) in [7, 11) is 0. The Balaban J connectivity index is 0.000000810. The fourth-order valence-electron chi connectivity index (χ4n) is 1.02. The van der Waals surface area contributed by atoms with E-state index in [0.29, 0.717) is 0 Å². The molecule has 0 spiro atoms. The number of aliphatic carboxylic acids is 1. The molecular weight excluding hydrogens is 231 g/mol. The normalized spacial score (nSPS) is 23.4. The number of carboxylic acids is 1. The second-order valence-corrected chi connectivity index (χ2v) is 2.30. The van der Waals surface area contributed by atoms with Gasteiger partial charge in [0.2, 0.25) is 0 Å². The molecule has 1 rings (SSSR count). The number of hydrogen-bond donors (Lipinski definition) is 1. The van der Waals surface area contributed by atoms with Crippen LogP contribution in [0.4, 0.5) is 0 Å². The summed E-state index contributed by atoms with van der Waals surface area (Å²) in [6.45, 7) is 0. The van der Waals surface area contributed by atoms with Crippen molar-refractivity contribution in [1.29, 1.82) is 0 Å². The molecule has 1 aliphatic rings. The number of allylic oxidation sites excluding steroid dienone is 1. The van der Waals surface area contributed by atoms with E-state index in [-0.39, 0.29) is 31.8 Å². The van der Waals surface area contributed by atoms with Gasteiger partial charge in [-0.3, -0.25) is 4.79 Å². The van der Waals surface area contributed by atoms with Crippen LogP contribution in [0, 0.1) is 5.92 Å². The van der Waals surface area contributed by atoms with Crippen molar-refractivity contribution in [3.8, 4) is 0 Å². The van der Waals surface area contributed by atoms with E-state index >= 15 is 0 Å². The summed E-state index contributed by atoms with van der Waals surface area (Å²) in [5, 5.41) is 8.49. The zero-order valence-corrected chi connectivity index (χ0v) is 5.21. The molecule has 10 heavy (non-hydrogen) atoms. The first-order chi connectivity index (χ1) is 4.30. The molecule has 0 bridgehead atoms. The molecule has 1 atom stereocenters. The minimum atomic E-state index is -0.689. The fourth-order valence-corrected chi connectivity index (χ4v) is 1.02. The van der Waals surface area contributed by atoms with Crippen molar-refractivity contribution in [3.63, 3.8) is 0 Å². The Morgan fingerprint density at radius 3 is 2.60 bits per heavy atom. The van der Waals surface area contributed by atoms with Crippen LogP contribution in [-0.2, 0) is 4.79 Å². The van der Waals surface area contributed by atoms with Gasteiger partial charge < -0.3 is 5.11 Å². The molecule has 3 heteroatoms. The van der Waals surface area contributed by atoms with Crippen LogP contribution in [0.1, 0.15) is 19.3 Å². The molecule has 56 valence electrons. The zero-order valence-electron chi connectivity index (χ0n) is 5.21. The van der Waals surface area contributed by atoms with Crippen molar-refractivity contribution in [2.24, 2.45) is 5.92 Å². The maximum atomic E-state index is 10.3. The van der Waals surface area contributed by atoms with Gasteiger partial charge in [-0.2, -0.15) is 0 Å². The third-order valence-corrected chi connectivity index (χ3v) is 1.57. The van der Waals surface area contributed by atoms with Gasteiger partial charge in [0.15, 0.2) is 0 Å². The standard InChI is InChI=1S/C7H10O2.In.3H/c8-7(9)6-4-2-1-3-5-6;;;;/h2,4,6H,1,3,5H2,(H,8,9);;;;. The van der Waals surface area contributed by atoms with Crippen LogP contribution in [0.25, 0.3) is 0 Å². The first-order valence-electron chi connectivity index (χ1n) is 3.20. The molecule has 0 aromatic heterocycles. The van der Waals surface area contributed by atoms with Gasteiger partial charge in [-0.25, -0.2) is 0 Å². The molecule has 0 fully saturated rings. The Morgan fingerprint density at radius 2 is 2.30 bits per heavy atom. The maximum absolute atomic E-state index is 10.3. The van der Waals surface area contributed by atoms with Gasteiger partial charge in [-0.05, 0) is 19.3 Å². The Hall–Kier alpha value is 0.0801. The summed E-state index contributed by atoms with van der Waals surface area (Å²) in [6.07, 6.45) is 6.61. The van der Waals surface area contributed by atoms with E-state index < -0.39 is 5.97 Å². The van der Waals surface area contributed by atoms with Crippen LogP contribution in [0.3, 0.4) is 0 Å². The number of rotatable bonds is 1. The first-order valence-corrected chi connectivity index (χ1v) is 3.20. The summed E-state index contributed by atoms with van der Waals surface area (Å²) >= 11 is 0. The number of carboxylic acid groups (broad SMARTS) is 1. The van der Waals surface area contributed by atoms with E-state index in [0.717, 1.165) is 19.3 Å². The van der Waals surface area contributed by atoms with Crippen LogP contribution in [-0.4, -0.2) is 36.9 Å². The summed E-state index contributed by atoms with van der Waals surface area (Å²) in [4.78, 5) is 10.3. The van der Waals surface area contributed by atoms with E-state index in [2.05, 4.69) is 0 Å². The van der Waals surface area contributed by atoms with Gasteiger partial charge >= 0.3 is 31.8 Å². The Kier molecular flexibility index (Phi) is 4.87. The molecule has 0 aromatic carbocycles. The zero-order chi connectivity index (χ0) is 6.69. The molecule has 0 saturated heterocycles. The second-order valence-electron chi connectivity index (χ2n) is 2.30. The number of hydrogen-bond acceptors (Lipinski definition) is 1. The average Bonchev–Trinajstić information content (AvgIpc) is 1.90. The Morgan fingerprint density at radius 1 is 1.60 bits per heavy atom. The predicted molar refractivity (Wildman–Crippen MR) is 44.1 cm³/mol. The van der Waals surface area contributed by atoms with Crippen LogP contribution in [0.15, 0.2) is 12.2 Å². The third-order valence-electron chi connectivity index (χ3n) is 1.57. The Labute approximate surface area is 79.1 Å². The number of carbonyl (C=O) groups is 1. The van der Waals surface area contributed by atoms with E-state index in [4.69, 9.17) is 5.11 Å². The van der Waals surface area contributed by atoms with Gasteiger partial charge in [-0.1, -0.05) is 12.2 Å². The molecule has 0 aliphatic heterocycles. The molecule has 0 amide bonds. The summed E-state index contributed by atoms with van der Waals surface area (Å²) in [6, 6.07) is 0. The molecule has 0 saturated carbocycles. The summed E-state index contributed by atoms with van der Waals surface area (Å²) < 4.78 is 0. The summed E-state index contributed by atoms with van der Waals surface area (Å²) in [5.74, 6) is -0.898. The molecule has 1 N–H and O–H groups in total. The van der Waals surface area contributed by atoms with E-state index in [1.165, 1.54) is 0 Å². The van der Waals surface area contributed by atoms with E-state index in [1.54, 1.807) is 6.08 Å². The van der Waals surface area contributed by atoms with Crippen molar-refractivity contribution < 1.29 is 9.90 Å². The van der Waals surface area contributed by atoms with Crippen molar-refractivity contribution in [2.45, 2.75) is 19.3 Å². The second kappa shape index (κ2) is 4.83. The average molecular weight is 244 g/mol. The molecule has 0 aromatic rings. The van der Waals surface area contributed by atoms with Gasteiger partial charge in [0.05, 0.1) is 5.92 Å². The predicted octanol–water partition coefficient (Wildman–Crippen LogP) is 0.243. The van der Waals surface area contributed by atoms with E-state index in [1.807, 2.05) is 6.08 Å². The van der Waals surface area contributed by atoms with Crippen LogP contribution >= 0.6 is 0 Å². The van der Waals surface area contributed by atoms with Gasteiger partial charge in [0.1, 0.15) is 0 Å². The molecular formula is C7H13InO2. The SMILES string of the molecule is O=C(O)C1C=CCCC1.[InH3]. The van der Waals surface area contributed by atoms with Gasteiger partial charge in [-0.15, -0.1) is 0 Å². The van der Waals surface area contributed by atoms with Gasteiger partial charge in [0.25, 0.3) is 0 Å². The first kappa shape index (κ1) is 10.1. The minimum absolute atomic E-state index is 0. The molecule has 0 heterocycles. The Bertz CT molecular complexity index is 143. The quantitative estimate of drug-likeness (QED) is 0.671. The molecule has 1 unspecified atom stereocenters. The van der Waals surface area contributed by atoms with Gasteiger partial charge in [0, 0.05) is 0 Å². The van der Waals surface area contributed by atoms with Crippen LogP contribution in [0.2, 0.25) is 0 Å². The third kappa shape index (κ3) is 2.78. The van der Waals surface area contributed by atoms with Crippen molar-refractivity contribution in [2.75, 3.05) is 0 Å². The van der Waals surface area contributed by atoms with E-state index in [9.17, 15) is 4.79 Å². The molecule has 1 aliphatic carbocycles.